The maximum Gasteiger partial charge on any atom is 0.226 e. The van der Waals surface area contributed by atoms with Gasteiger partial charge in [0.2, 0.25) is 5.89 Å². The number of nitrogens with zero attached hydrogens (tertiary/aromatic N) is 5. The van der Waals surface area contributed by atoms with E-state index in [9.17, 15) is 0 Å². The predicted octanol–water partition coefficient (Wildman–Crippen LogP) is 1.79. The molecule has 0 aliphatic rings. The number of rotatable bonds is 4. The summed E-state index contributed by atoms with van der Waals surface area (Å²) in [5, 5.41) is 12.0. The zero-order chi connectivity index (χ0) is 14.9. The Kier molecular flexibility index (Phi) is 3.78. The highest BCUT2D eigenvalue weighted by Crippen LogP contribution is 2.26. The molecule has 0 aromatic carbocycles. The van der Waals surface area contributed by atoms with E-state index < -0.39 is 0 Å². The summed E-state index contributed by atoms with van der Waals surface area (Å²) in [6, 6.07) is 0. The van der Waals surface area contributed by atoms with Crippen LogP contribution in [0, 0.1) is 5.92 Å². The number of anilines is 1. The lowest BCUT2D eigenvalue weighted by Gasteiger charge is -2.19. The molecule has 20 heavy (non-hydrogen) atoms. The van der Waals surface area contributed by atoms with Crippen molar-refractivity contribution in [2.45, 2.75) is 53.0 Å². The minimum absolute atomic E-state index is 0.141. The number of hydrogen-bond acceptors (Lipinski definition) is 6. The summed E-state index contributed by atoms with van der Waals surface area (Å²) in [4.78, 5) is 4.37. The second-order valence-electron chi connectivity index (χ2n) is 6.43. The summed E-state index contributed by atoms with van der Waals surface area (Å²) in [5.74, 6) is 2.18. The molecular formula is C13H22N6O. The van der Waals surface area contributed by atoms with E-state index in [0.29, 0.717) is 30.0 Å². The van der Waals surface area contributed by atoms with Gasteiger partial charge in [-0.1, -0.05) is 45.0 Å². The van der Waals surface area contributed by atoms with Crippen LogP contribution in [-0.4, -0.2) is 25.1 Å². The molecule has 0 fully saturated rings. The molecule has 2 aromatic heterocycles. The summed E-state index contributed by atoms with van der Waals surface area (Å²) in [5.41, 5.74) is 6.63. The van der Waals surface area contributed by atoms with E-state index in [-0.39, 0.29) is 5.41 Å². The monoisotopic (exact) mass is 278 g/mol. The van der Waals surface area contributed by atoms with Gasteiger partial charge in [0, 0.05) is 11.8 Å². The van der Waals surface area contributed by atoms with Crippen molar-refractivity contribution in [2.24, 2.45) is 5.92 Å². The molecule has 2 rings (SSSR count). The molecule has 2 N–H and O–H groups in total. The Morgan fingerprint density at radius 1 is 1.30 bits per heavy atom. The van der Waals surface area contributed by atoms with Gasteiger partial charge < -0.3 is 10.3 Å². The van der Waals surface area contributed by atoms with Crippen molar-refractivity contribution in [3.05, 3.63) is 17.4 Å². The van der Waals surface area contributed by atoms with E-state index in [4.69, 9.17) is 10.3 Å². The molecule has 2 heterocycles. The summed E-state index contributed by atoms with van der Waals surface area (Å²) in [6.07, 6.45) is 0.776. The average molecular weight is 278 g/mol. The first-order chi connectivity index (χ1) is 9.27. The summed E-state index contributed by atoms with van der Waals surface area (Å²) >= 11 is 0. The van der Waals surface area contributed by atoms with Crippen molar-refractivity contribution in [2.75, 3.05) is 5.73 Å². The quantitative estimate of drug-likeness (QED) is 0.916. The highest BCUT2D eigenvalue weighted by Gasteiger charge is 2.24. The van der Waals surface area contributed by atoms with Gasteiger partial charge in [-0.05, 0) is 5.92 Å². The molecule has 0 amide bonds. The Balaban J connectivity index is 2.21. The molecule has 2 aromatic rings. The maximum atomic E-state index is 5.89. The number of nitrogen functional groups attached to an aromatic ring is 1. The molecule has 7 heteroatoms. The Labute approximate surface area is 118 Å². The van der Waals surface area contributed by atoms with Crippen LogP contribution >= 0.6 is 0 Å². The highest BCUT2D eigenvalue weighted by molar-refractivity contribution is 5.38. The van der Waals surface area contributed by atoms with E-state index in [1.165, 1.54) is 0 Å². The first-order valence-electron chi connectivity index (χ1n) is 6.78. The lowest BCUT2D eigenvalue weighted by atomic mass is 9.92. The molecule has 0 saturated carbocycles. The molecule has 0 aliphatic carbocycles. The van der Waals surface area contributed by atoms with Crippen LogP contribution in [0.25, 0.3) is 0 Å². The standard InChI is InChI=1S/C13H22N6O/c1-8(2)6-10-15-9(17-20-10)7-19-11(13(3,4)5)12(14)16-18-19/h8H,6-7,14H2,1-5H3. The molecule has 0 spiro atoms. The predicted molar refractivity (Wildman–Crippen MR) is 75.1 cm³/mol. The second kappa shape index (κ2) is 5.22. The highest BCUT2D eigenvalue weighted by atomic mass is 16.5. The Hall–Kier alpha value is -1.92. The van der Waals surface area contributed by atoms with Crippen LogP contribution in [0.4, 0.5) is 5.82 Å². The Bertz CT molecular complexity index is 578. The van der Waals surface area contributed by atoms with E-state index in [1.54, 1.807) is 4.68 Å². The first-order valence-corrected chi connectivity index (χ1v) is 6.78. The molecule has 0 unspecified atom stereocenters. The third-order valence-electron chi connectivity index (χ3n) is 2.86. The van der Waals surface area contributed by atoms with Crippen molar-refractivity contribution in [3.63, 3.8) is 0 Å². The number of hydrogen-bond donors (Lipinski definition) is 1. The smallest absolute Gasteiger partial charge is 0.226 e. The minimum atomic E-state index is -0.141. The van der Waals surface area contributed by atoms with Gasteiger partial charge in [-0.25, -0.2) is 4.68 Å². The van der Waals surface area contributed by atoms with Crippen LogP contribution in [0.1, 0.15) is 52.0 Å². The van der Waals surface area contributed by atoms with E-state index in [1.807, 2.05) is 0 Å². The van der Waals surface area contributed by atoms with Crippen LogP contribution in [0.15, 0.2) is 4.52 Å². The third kappa shape index (κ3) is 3.15. The second-order valence-corrected chi connectivity index (χ2v) is 6.43. The molecule has 7 nitrogen and oxygen atoms in total. The Morgan fingerprint density at radius 2 is 2.00 bits per heavy atom. The molecule has 0 radical (unpaired) electrons. The fraction of sp³-hybridized carbons (Fsp3) is 0.692. The van der Waals surface area contributed by atoms with E-state index in [2.05, 4.69) is 55.1 Å². The molecule has 110 valence electrons. The topological polar surface area (TPSA) is 95.7 Å². The van der Waals surface area contributed by atoms with E-state index in [0.717, 1.165) is 12.1 Å². The van der Waals surface area contributed by atoms with Crippen molar-refractivity contribution in [3.8, 4) is 0 Å². The third-order valence-corrected chi connectivity index (χ3v) is 2.86. The minimum Gasteiger partial charge on any atom is -0.381 e. The van der Waals surface area contributed by atoms with Crippen molar-refractivity contribution >= 4 is 5.82 Å². The zero-order valence-electron chi connectivity index (χ0n) is 12.7. The van der Waals surface area contributed by atoms with Crippen LogP contribution < -0.4 is 5.73 Å². The fourth-order valence-corrected chi connectivity index (χ4v) is 2.13. The van der Waals surface area contributed by atoms with Crippen LogP contribution in [0.2, 0.25) is 0 Å². The van der Waals surface area contributed by atoms with Crippen molar-refractivity contribution in [1.82, 2.24) is 25.1 Å². The SMILES string of the molecule is CC(C)Cc1nc(Cn2nnc(N)c2C(C)(C)C)no1. The number of nitrogens with two attached hydrogens (primary N) is 1. The van der Waals surface area contributed by atoms with Gasteiger partial charge in [-0.3, -0.25) is 0 Å². The fourth-order valence-electron chi connectivity index (χ4n) is 2.13. The lowest BCUT2D eigenvalue weighted by Crippen LogP contribution is -2.20. The van der Waals surface area contributed by atoms with Gasteiger partial charge in [0.15, 0.2) is 11.6 Å². The molecule has 0 aliphatic heterocycles. The van der Waals surface area contributed by atoms with E-state index >= 15 is 0 Å². The van der Waals surface area contributed by atoms with Gasteiger partial charge in [0.05, 0.1) is 5.69 Å². The van der Waals surface area contributed by atoms with Crippen molar-refractivity contribution < 1.29 is 4.52 Å². The lowest BCUT2D eigenvalue weighted by molar-refractivity contribution is 0.356. The molecule has 0 bridgehead atoms. The molecule has 0 saturated heterocycles. The first kappa shape index (κ1) is 14.5. The van der Waals surface area contributed by atoms with Gasteiger partial charge in [0.25, 0.3) is 0 Å². The molecular weight excluding hydrogens is 256 g/mol. The summed E-state index contributed by atoms with van der Waals surface area (Å²) in [7, 11) is 0. The van der Waals surface area contributed by atoms with Gasteiger partial charge in [0.1, 0.15) is 6.54 Å². The normalized spacial score (nSPS) is 12.3. The van der Waals surface area contributed by atoms with Crippen molar-refractivity contribution in [1.29, 1.82) is 0 Å². The van der Waals surface area contributed by atoms with Gasteiger partial charge in [-0.15, -0.1) is 5.10 Å². The average Bonchev–Trinajstić information content (AvgIpc) is 2.85. The van der Waals surface area contributed by atoms with Crippen LogP contribution in [0.3, 0.4) is 0 Å². The number of aromatic nitrogens is 5. The summed E-state index contributed by atoms with van der Waals surface area (Å²) in [6.45, 7) is 10.8. The molecule has 0 atom stereocenters. The zero-order valence-corrected chi connectivity index (χ0v) is 12.7. The summed E-state index contributed by atoms with van der Waals surface area (Å²) < 4.78 is 6.96. The van der Waals surface area contributed by atoms with Gasteiger partial charge >= 0.3 is 0 Å². The Morgan fingerprint density at radius 3 is 2.60 bits per heavy atom. The van der Waals surface area contributed by atoms with Gasteiger partial charge in [-0.2, -0.15) is 4.98 Å². The van der Waals surface area contributed by atoms with Crippen LogP contribution in [-0.2, 0) is 18.4 Å². The largest absolute Gasteiger partial charge is 0.381 e. The maximum absolute atomic E-state index is 5.89. The van der Waals surface area contributed by atoms with Crippen LogP contribution in [0.5, 0.6) is 0 Å².